The molecular weight excluding hydrogens is 247 g/mol. The minimum Gasteiger partial charge on any atom is -0.467 e. The molecule has 0 aliphatic heterocycles. The lowest BCUT2D eigenvalue weighted by atomic mass is 10.3. The molecule has 0 saturated carbocycles. The Kier molecular flexibility index (Phi) is 3.34. The highest BCUT2D eigenvalue weighted by atomic mass is 35.5. The Morgan fingerprint density at radius 1 is 1.24 bits per heavy atom. The lowest BCUT2D eigenvalue weighted by Gasteiger charge is -2.06. The zero-order valence-electron chi connectivity index (χ0n) is 8.82. The molecule has 0 aliphatic rings. The summed E-state index contributed by atoms with van der Waals surface area (Å²) >= 11 is 5.66. The monoisotopic (exact) mass is 254 g/mol. The maximum absolute atomic E-state index is 13.4. The van der Waals surface area contributed by atoms with Gasteiger partial charge in [-0.25, -0.2) is 4.39 Å². The van der Waals surface area contributed by atoms with Gasteiger partial charge in [0, 0.05) is 0 Å². The molecule has 0 atom stereocenters. The molecule has 0 radical (unpaired) electrons. The fourth-order valence-electron chi connectivity index (χ4n) is 1.16. The molecule has 0 saturated heterocycles. The van der Waals surface area contributed by atoms with Crippen molar-refractivity contribution in [2.75, 3.05) is 12.4 Å². The van der Waals surface area contributed by atoms with Gasteiger partial charge in [0.2, 0.25) is 11.2 Å². The van der Waals surface area contributed by atoms with E-state index in [1.54, 1.807) is 18.2 Å². The van der Waals surface area contributed by atoms with Gasteiger partial charge in [0.1, 0.15) is 5.82 Å². The van der Waals surface area contributed by atoms with Crippen LogP contribution in [0, 0.1) is 5.82 Å². The molecule has 0 amide bonds. The van der Waals surface area contributed by atoms with Crippen LogP contribution < -0.4 is 10.1 Å². The van der Waals surface area contributed by atoms with Gasteiger partial charge >= 0.3 is 6.01 Å². The average Bonchev–Trinajstić information content (AvgIpc) is 2.31. The molecule has 0 spiro atoms. The molecule has 1 aromatic carbocycles. The summed E-state index contributed by atoms with van der Waals surface area (Å²) in [4.78, 5) is 11.4. The van der Waals surface area contributed by atoms with Crippen molar-refractivity contribution < 1.29 is 9.13 Å². The summed E-state index contributed by atoms with van der Waals surface area (Å²) in [5.74, 6) is -0.296. The molecule has 1 heterocycles. The van der Waals surface area contributed by atoms with Crippen molar-refractivity contribution in [1.29, 1.82) is 0 Å². The van der Waals surface area contributed by atoms with Crippen LogP contribution in [0.15, 0.2) is 24.3 Å². The Morgan fingerprint density at radius 3 is 2.71 bits per heavy atom. The normalized spacial score (nSPS) is 10.1. The number of rotatable bonds is 3. The van der Waals surface area contributed by atoms with E-state index in [0.29, 0.717) is 0 Å². The van der Waals surface area contributed by atoms with Gasteiger partial charge in [-0.1, -0.05) is 12.1 Å². The molecule has 2 aromatic rings. The predicted octanol–water partition coefficient (Wildman–Crippen LogP) is 2.42. The summed E-state index contributed by atoms with van der Waals surface area (Å²) in [6.07, 6.45) is 0. The highest BCUT2D eigenvalue weighted by Crippen LogP contribution is 2.18. The van der Waals surface area contributed by atoms with Crippen molar-refractivity contribution >= 4 is 23.2 Å². The van der Waals surface area contributed by atoms with E-state index in [4.69, 9.17) is 16.3 Å². The van der Waals surface area contributed by atoms with Crippen molar-refractivity contribution in [3.05, 3.63) is 35.4 Å². The summed E-state index contributed by atoms with van der Waals surface area (Å²) < 4.78 is 18.2. The van der Waals surface area contributed by atoms with Crippen LogP contribution in [0.2, 0.25) is 5.28 Å². The second kappa shape index (κ2) is 4.92. The van der Waals surface area contributed by atoms with Crippen molar-refractivity contribution in [2.24, 2.45) is 0 Å². The zero-order valence-corrected chi connectivity index (χ0v) is 9.57. The molecule has 88 valence electrons. The second-order valence-corrected chi connectivity index (χ2v) is 3.36. The number of para-hydroxylation sites is 1. The summed E-state index contributed by atoms with van der Waals surface area (Å²) in [7, 11) is 1.40. The smallest absolute Gasteiger partial charge is 0.322 e. The van der Waals surface area contributed by atoms with Gasteiger partial charge in [-0.2, -0.15) is 15.0 Å². The van der Waals surface area contributed by atoms with E-state index in [2.05, 4.69) is 20.3 Å². The van der Waals surface area contributed by atoms with Gasteiger partial charge in [-0.05, 0) is 23.7 Å². The van der Waals surface area contributed by atoms with Crippen LogP contribution >= 0.6 is 11.6 Å². The van der Waals surface area contributed by atoms with Gasteiger partial charge in [0.15, 0.2) is 0 Å². The maximum atomic E-state index is 13.4. The van der Waals surface area contributed by atoms with Crippen LogP contribution in [0.3, 0.4) is 0 Å². The summed E-state index contributed by atoms with van der Waals surface area (Å²) in [6.45, 7) is 0. The van der Waals surface area contributed by atoms with E-state index >= 15 is 0 Å². The molecule has 0 unspecified atom stereocenters. The van der Waals surface area contributed by atoms with Crippen LogP contribution in [-0.2, 0) is 0 Å². The van der Waals surface area contributed by atoms with Crippen LogP contribution in [0.5, 0.6) is 6.01 Å². The fourth-order valence-corrected chi connectivity index (χ4v) is 1.31. The number of aromatic nitrogens is 3. The number of halogens is 2. The third-order valence-electron chi connectivity index (χ3n) is 1.89. The molecule has 2 rings (SSSR count). The molecule has 0 bridgehead atoms. The SMILES string of the molecule is COc1nc(Cl)nc(Nc2ccccc2F)n1. The number of benzene rings is 1. The van der Waals surface area contributed by atoms with Gasteiger partial charge < -0.3 is 10.1 Å². The van der Waals surface area contributed by atoms with Crippen molar-refractivity contribution in [2.45, 2.75) is 0 Å². The number of nitrogens with zero attached hydrogens (tertiary/aromatic N) is 3. The number of nitrogens with one attached hydrogen (secondary N) is 1. The van der Waals surface area contributed by atoms with Crippen LogP contribution in [-0.4, -0.2) is 22.1 Å². The molecule has 7 heteroatoms. The molecule has 1 N–H and O–H groups in total. The number of hydrogen-bond donors (Lipinski definition) is 1. The predicted molar refractivity (Wildman–Crippen MR) is 61.1 cm³/mol. The van der Waals surface area contributed by atoms with Gasteiger partial charge in [-0.15, -0.1) is 0 Å². The zero-order chi connectivity index (χ0) is 12.3. The number of ether oxygens (including phenoxy) is 1. The highest BCUT2D eigenvalue weighted by molar-refractivity contribution is 6.28. The lowest BCUT2D eigenvalue weighted by Crippen LogP contribution is -2.02. The number of hydrogen-bond acceptors (Lipinski definition) is 5. The fraction of sp³-hybridized carbons (Fsp3) is 0.100. The Bertz CT molecular complexity index is 537. The van der Waals surface area contributed by atoms with Gasteiger partial charge in [0.05, 0.1) is 12.8 Å². The lowest BCUT2D eigenvalue weighted by molar-refractivity contribution is 0.379. The number of methoxy groups -OCH3 is 1. The Hall–Kier alpha value is -1.95. The van der Waals surface area contributed by atoms with E-state index in [9.17, 15) is 4.39 Å². The molecular formula is C10H8ClFN4O. The molecule has 17 heavy (non-hydrogen) atoms. The van der Waals surface area contributed by atoms with Crippen LogP contribution in [0.4, 0.5) is 16.0 Å². The quantitative estimate of drug-likeness (QED) is 0.911. The summed E-state index contributed by atoms with van der Waals surface area (Å²) in [5, 5.41) is 2.65. The third-order valence-corrected chi connectivity index (χ3v) is 2.06. The topological polar surface area (TPSA) is 59.9 Å². The van der Waals surface area contributed by atoms with Gasteiger partial charge in [0.25, 0.3) is 0 Å². The van der Waals surface area contributed by atoms with Crippen molar-refractivity contribution in [3.8, 4) is 6.01 Å². The Morgan fingerprint density at radius 2 is 2.00 bits per heavy atom. The van der Waals surface area contributed by atoms with E-state index in [-0.39, 0.29) is 22.9 Å². The third kappa shape index (κ3) is 2.79. The Labute approximate surface area is 102 Å². The van der Waals surface area contributed by atoms with E-state index in [1.807, 2.05) is 0 Å². The summed E-state index contributed by atoms with van der Waals surface area (Å²) in [6, 6.07) is 6.21. The minimum absolute atomic E-state index is 0.0318. The van der Waals surface area contributed by atoms with Crippen molar-refractivity contribution in [1.82, 2.24) is 15.0 Å². The van der Waals surface area contributed by atoms with E-state index in [0.717, 1.165) is 0 Å². The van der Waals surface area contributed by atoms with E-state index in [1.165, 1.54) is 13.2 Å². The Balaban J connectivity index is 2.30. The largest absolute Gasteiger partial charge is 0.467 e. The molecule has 1 aromatic heterocycles. The second-order valence-electron chi connectivity index (χ2n) is 3.02. The average molecular weight is 255 g/mol. The van der Waals surface area contributed by atoms with Gasteiger partial charge in [-0.3, -0.25) is 0 Å². The molecule has 5 nitrogen and oxygen atoms in total. The first-order valence-corrected chi connectivity index (χ1v) is 5.04. The van der Waals surface area contributed by atoms with Crippen LogP contribution in [0.25, 0.3) is 0 Å². The van der Waals surface area contributed by atoms with Crippen LogP contribution in [0.1, 0.15) is 0 Å². The first-order chi connectivity index (χ1) is 8.19. The minimum atomic E-state index is -0.414. The molecule has 0 fully saturated rings. The maximum Gasteiger partial charge on any atom is 0.322 e. The first kappa shape index (κ1) is 11.5. The van der Waals surface area contributed by atoms with E-state index < -0.39 is 5.82 Å². The first-order valence-electron chi connectivity index (χ1n) is 4.66. The number of anilines is 2. The summed E-state index contributed by atoms with van der Waals surface area (Å²) in [5.41, 5.74) is 0.247. The standard InChI is InChI=1S/C10H8ClFN4O/c1-17-10-15-8(11)14-9(16-10)13-7-5-3-2-4-6(7)12/h2-5H,1H3,(H,13,14,15,16). The molecule has 0 aliphatic carbocycles. The van der Waals surface area contributed by atoms with Crippen molar-refractivity contribution in [3.63, 3.8) is 0 Å². The highest BCUT2D eigenvalue weighted by Gasteiger charge is 2.07.